The van der Waals surface area contributed by atoms with Gasteiger partial charge in [0.15, 0.2) is 0 Å². The Hall–Kier alpha value is -0.620. The van der Waals surface area contributed by atoms with Crippen LogP contribution in [0.4, 0.5) is 0 Å². The first-order valence-electron chi connectivity index (χ1n) is 4.60. The summed E-state index contributed by atoms with van der Waals surface area (Å²) in [7, 11) is -3.08. The molecule has 0 aromatic rings. The molecule has 0 radical (unpaired) electrons. The summed E-state index contributed by atoms with van der Waals surface area (Å²) in [6, 6.07) is 0.0318. The third-order valence-corrected chi connectivity index (χ3v) is 3.78. The van der Waals surface area contributed by atoms with Gasteiger partial charge in [0.1, 0.15) is 0 Å². The van der Waals surface area contributed by atoms with Crippen LogP contribution in [0.15, 0.2) is 0 Å². The lowest BCUT2D eigenvalue weighted by atomic mass is 10.0. The smallest absolute Gasteiger partial charge is 0.303 e. The van der Waals surface area contributed by atoms with Crippen LogP contribution in [0, 0.1) is 0 Å². The minimum atomic E-state index is -3.08. The highest BCUT2D eigenvalue weighted by atomic mass is 32.2. The topological polar surface area (TPSA) is 74.7 Å². The lowest BCUT2D eigenvalue weighted by Crippen LogP contribution is -2.50. The highest BCUT2D eigenvalue weighted by molar-refractivity contribution is 7.88. The van der Waals surface area contributed by atoms with E-state index in [2.05, 4.69) is 0 Å². The van der Waals surface area contributed by atoms with E-state index in [1.165, 1.54) is 10.6 Å². The van der Waals surface area contributed by atoms with Gasteiger partial charge in [-0.15, -0.1) is 0 Å². The van der Waals surface area contributed by atoms with Crippen molar-refractivity contribution in [2.24, 2.45) is 0 Å². The van der Waals surface area contributed by atoms with Crippen LogP contribution in [0.5, 0.6) is 0 Å². The lowest BCUT2D eigenvalue weighted by Gasteiger charge is -2.38. The molecule has 1 fully saturated rings. The van der Waals surface area contributed by atoms with Crippen molar-refractivity contribution < 1.29 is 18.3 Å². The summed E-state index contributed by atoms with van der Waals surface area (Å²) in [5.74, 6) is -0.824. The molecule has 0 amide bonds. The van der Waals surface area contributed by atoms with Gasteiger partial charge in [0, 0.05) is 19.0 Å². The average Bonchev–Trinajstić information content (AvgIpc) is 1.91. The number of carbonyl (C=O) groups is 1. The Bertz CT molecular complexity index is 311. The van der Waals surface area contributed by atoms with E-state index in [0.29, 0.717) is 19.4 Å². The van der Waals surface area contributed by atoms with Gasteiger partial charge in [-0.3, -0.25) is 4.79 Å². The number of carboxylic acids is 1. The molecular formula is C8H15NO4S. The minimum absolute atomic E-state index is 0.0318. The molecule has 1 rings (SSSR count). The van der Waals surface area contributed by atoms with E-state index in [1.54, 1.807) is 0 Å². The predicted octanol–water partition coefficient (Wildman–Crippen LogP) is 0.275. The third-order valence-electron chi connectivity index (χ3n) is 2.44. The molecule has 1 aliphatic rings. The molecule has 0 bridgehead atoms. The first kappa shape index (κ1) is 11.5. The van der Waals surface area contributed by atoms with Crippen molar-refractivity contribution in [3.8, 4) is 0 Å². The Kier molecular flexibility index (Phi) is 3.49. The van der Waals surface area contributed by atoms with Crippen molar-refractivity contribution in [1.82, 2.24) is 4.31 Å². The number of carboxylic acid groups (broad SMARTS) is 1. The molecule has 0 saturated carbocycles. The van der Waals surface area contributed by atoms with E-state index in [-0.39, 0.29) is 12.5 Å². The first-order chi connectivity index (χ1) is 6.41. The largest absolute Gasteiger partial charge is 0.481 e. The summed E-state index contributed by atoms with van der Waals surface area (Å²) in [6.45, 7) is 0.580. The fourth-order valence-corrected chi connectivity index (χ4v) is 2.82. The van der Waals surface area contributed by atoms with E-state index >= 15 is 0 Å². The SMILES string of the molecule is CS(=O)(=O)N1CCC1CCCC(=O)O. The summed E-state index contributed by atoms with van der Waals surface area (Å²) in [4.78, 5) is 10.2. The normalized spacial score (nSPS) is 23.1. The summed E-state index contributed by atoms with van der Waals surface area (Å²) in [5.41, 5.74) is 0. The Morgan fingerprint density at radius 3 is 2.57 bits per heavy atom. The van der Waals surface area contributed by atoms with E-state index in [9.17, 15) is 13.2 Å². The maximum absolute atomic E-state index is 11.1. The monoisotopic (exact) mass is 221 g/mol. The maximum Gasteiger partial charge on any atom is 0.303 e. The third kappa shape index (κ3) is 2.95. The second-order valence-electron chi connectivity index (χ2n) is 3.60. The van der Waals surface area contributed by atoms with Crippen molar-refractivity contribution in [2.45, 2.75) is 31.7 Å². The Labute approximate surface area is 83.8 Å². The molecule has 1 N–H and O–H groups in total. The van der Waals surface area contributed by atoms with Crippen molar-refractivity contribution in [1.29, 1.82) is 0 Å². The van der Waals surface area contributed by atoms with Gasteiger partial charge in [0.25, 0.3) is 0 Å². The standard InChI is InChI=1S/C8H15NO4S/c1-14(12,13)9-6-5-7(9)3-2-4-8(10)11/h7H,2-6H2,1H3,(H,10,11). The second-order valence-corrected chi connectivity index (χ2v) is 5.54. The zero-order chi connectivity index (χ0) is 10.8. The van der Waals surface area contributed by atoms with Gasteiger partial charge in [-0.05, 0) is 19.3 Å². The Morgan fingerprint density at radius 1 is 1.57 bits per heavy atom. The number of hydrogen-bond acceptors (Lipinski definition) is 3. The summed E-state index contributed by atoms with van der Waals surface area (Å²) < 4.78 is 23.7. The zero-order valence-electron chi connectivity index (χ0n) is 8.14. The van der Waals surface area contributed by atoms with Crippen LogP contribution in [0.2, 0.25) is 0 Å². The second kappa shape index (κ2) is 4.27. The first-order valence-corrected chi connectivity index (χ1v) is 6.44. The van der Waals surface area contributed by atoms with Gasteiger partial charge < -0.3 is 5.11 Å². The molecule has 82 valence electrons. The minimum Gasteiger partial charge on any atom is -0.481 e. The van der Waals surface area contributed by atoms with Crippen LogP contribution < -0.4 is 0 Å². The van der Waals surface area contributed by atoms with Crippen molar-refractivity contribution in [3.05, 3.63) is 0 Å². The number of aliphatic carboxylic acids is 1. The average molecular weight is 221 g/mol. The molecule has 0 aromatic heterocycles. The Morgan fingerprint density at radius 2 is 2.21 bits per heavy atom. The van der Waals surface area contributed by atoms with Crippen LogP contribution in [-0.4, -0.2) is 42.6 Å². The summed E-state index contributed by atoms with van der Waals surface area (Å²) in [6.07, 6.45) is 3.36. The molecule has 1 heterocycles. The molecule has 1 aliphatic heterocycles. The fraction of sp³-hybridized carbons (Fsp3) is 0.875. The maximum atomic E-state index is 11.1. The number of rotatable bonds is 5. The lowest BCUT2D eigenvalue weighted by molar-refractivity contribution is -0.137. The van der Waals surface area contributed by atoms with Crippen LogP contribution >= 0.6 is 0 Å². The van der Waals surface area contributed by atoms with E-state index in [4.69, 9.17) is 5.11 Å². The summed E-state index contributed by atoms with van der Waals surface area (Å²) >= 11 is 0. The van der Waals surface area contributed by atoms with Gasteiger partial charge >= 0.3 is 5.97 Å². The van der Waals surface area contributed by atoms with Crippen molar-refractivity contribution in [3.63, 3.8) is 0 Å². The van der Waals surface area contributed by atoms with Crippen molar-refractivity contribution in [2.75, 3.05) is 12.8 Å². The number of sulfonamides is 1. The van der Waals surface area contributed by atoms with Crippen LogP contribution in [0.3, 0.4) is 0 Å². The highest BCUT2D eigenvalue weighted by Gasteiger charge is 2.34. The quantitative estimate of drug-likeness (QED) is 0.723. The molecule has 5 nitrogen and oxygen atoms in total. The molecule has 0 aromatic carbocycles. The van der Waals surface area contributed by atoms with Crippen molar-refractivity contribution >= 4 is 16.0 Å². The Balaban J connectivity index is 2.30. The molecule has 14 heavy (non-hydrogen) atoms. The van der Waals surface area contributed by atoms with E-state index in [1.807, 2.05) is 0 Å². The zero-order valence-corrected chi connectivity index (χ0v) is 8.96. The molecular weight excluding hydrogens is 206 g/mol. The molecule has 1 atom stereocenters. The molecule has 6 heteroatoms. The number of nitrogens with zero attached hydrogens (tertiary/aromatic N) is 1. The fourth-order valence-electron chi connectivity index (χ4n) is 1.63. The molecule has 1 unspecified atom stereocenters. The predicted molar refractivity (Wildman–Crippen MR) is 51.4 cm³/mol. The number of hydrogen-bond donors (Lipinski definition) is 1. The van der Waals surface area contributed by atoms with Gasteiger partial charge in [-0.2, -0.15) is 4.31 Å². The molecule has 0 spiro atoms. The van der Waals surface area contributed by atoms with Gasteiger partial charge in [-0.1, -0.05) is 0 Å². The molecule has 0 aliphatic carbocycles. The summed E-state index contributed by atoms with van der Waals surface area (Å²) in [5, 5.41) is 8.41. The van der Waals surface area contributed by atoms with Crippen LogP contribution in [0.1, 0.15) is 25.7 Å². The van der Waals surface area contributed by atoms with E-state index < -0.39 is 16.0 Å². The highest BCUT2D eigenvalue weighted by Crippen LogP contribution is 2.24. The van der Waals surface area contributed by atoms with Crippen LogP contribution in [0.25, 0.3) is 0 Å². The molecule has 1 saturated heterocycles. The van der Waals surface area contributed by atoms with E-state index in [0.717, 1.165) is 6.42 Å². The van der Waals surface area contributed by atoms with Gasteiger partial charge in [0.2, 0.25) is 10.0 Å². The van der Waals surface area contributed by atoms with Gasteiger partial charge in [-0.25, -0.2) is 8.42 Å². The van der Waals surface area contributed by atoms with Gasteiger partial charge in [0.05, 0.1) is 6.26 Å². The van der Waals surface area contributed by atoms with Crippen LogP contribution in [-0.2, 0) is 14.8 Å².